The van der Waals surface area contributed by atoms with E-state index in [2.05, 4.69) is 10.6 Å². The molecule has 0 fully saturated rings. The fourth-order valence-electron chi connectivity index (χ4n) is 1.46. The second-order valence-electron chi connectivity index (χ2n) is 4.30. The van der Waals surface area contributed by atoms with Crippen molar-refractivity contribution in [3.05, 3.63) is 23.8 Å². The van der Waals surface area contributed by atoms with Crippen LogP contribution in [-0.2, 0) is 6.54 Å². The van der Waals surface area contributed by atoms with E-state index in [1.165, 1.54) is 4.90 Å². The highest BCUT2D eigenvalue weighted by Crippen LogP contribution is 2.22. The molecule has 106 valence electrons. The Morgan fingerprint density at radius 1 is 1.37 bits per heavy atom. The lowest BCUT2D eigenvalue weighted by Crippen LogP contribution is -2.38. The fourth-order valence-corrected chi connectivity index (χ4v) is 1.46. The molecule has 6 nitrogen and oxygen atoms in total. The maximum Gasteiger partial charge on any atom is 0.316 e. The Bertz CT molecular complexity index is 422. The predicted octanol–water partition coefficient (Wildman–Crippen LogP) is 0.762. The van der Waals surface area contributed by atoms with Gasteiger partial charge in [-0.25, -0.2) is 4.79 Å². The van der Waals surface area contributed by atoms with Gasteiger partial charge in [-0.3, -0.25) is 0 Å². The quantitative estimate of drug-likeness (QED) is 0.665. The van der Waals surface area contributed by atoms with Crippen LogP contribution in [0.3, 0.4) is 0 Å². The van der Waals surface area contributed by atoms with Crippen LogP contribution in [0.5, 0.6) is 11.5 Å². The third-order valence-electron chi connectivity index (χ3n) is 2.59. The molecule has 6 heteroatoms. The molecule has 0 radical (unpaired) electrons. The summed E-state index contributed by atoms with van der Waals surface area (Å²) in [5, 5.41) is 15.6. The van der Waals surface area contributed by atoms with E-state index < -0.39 is 0 Å². The summed E-state index contributed by atoms with van der Waals surface area (Å²) in [4.78, 5) is 12.7. The van der Waals surface area contributed by atoms with Crippen LogP contribution < -0.4 is 15.4 Å². The van der Waals surface area contributed by atoms with Gasteiger partial charge in [-0.2, -0.15) is 0 Å². The Hall–Kier alpha value is -1.95. The van der Waals surface area contributed by atoms with Crippen molar-refractivity contribution in [1.29, 1.82) is 0 Å². The number of carbonyl (C=O) groups excluding carboxylic acids is 1. The molecule has 0 unspecified atom stereocenters. The molecule has 1 aromatic carbocycles. The summed E-state index contributed by atoms with van der Waals surface area (Å²) >= 11 is 0. The summed E-state index contributed by atoms with van der Waals surface area (Å²) in [6.45, 7) is 1.70. The van der Waals surface area contributed by atoms with E-state index in [0.29, 0.717) is 25.4 Å². The maximum atomic E-state index is 11.2. The lowest BCUT2D eigenvalue weighted by atomic mass is 10.2. The van der Waals surface area contributed by atoms with Crippen LogP contribution in [0.1, 0.15) is 5.56 Å². The highest BCUT2D eigenvalue weighted by atomic mass is 16.5. The van der Waals surface area contributed by atoms with E-state index in [1.54, 1.807) is 39.4 Å². The monoisotopic (exact) mass is 267 g/mol. The van der Waals surface area contributed by atoms with Gasteiger partial charge in [0.15, 0.2) is 0 Å². The van der Waals surface area contributed by atoms with Crippen LogP contribution in [-0.4, -0.2) is 50.3 Å². The summed E-state index contributed by atoms with van der Waals surface area (Å²) in [5.41, 5.74) is 0.791. The molecule has 0 heterocycles. The molecular formula is C13H21N3O3. The van der Waals surface area contributed by atoms with Crippen LogP contribution in [0.2, 0.25) is 0 Å². The third-order valence-corrected chi connectivity index (χ3v) is 2.59. The molecule has 0 aromatic heterocycles. The molecule has 0 aliphatic carbocycles. The minimum Gasteiger partial charge on any atom is -0.507 e. The average Bonchev–Trinajstić information content (AvgIpc) is 2.39. The van der Waals surface area contributed by atoms with Gasteiger partial charge in [-0.1, -0.05) is 6.07 Å². The number of urea groups is 1. The van der Waals surface area contributed by atoms with Gasteiger partial charge >= 0.3 is 6.03 Å². The molecule has 1 aromatic rings. The fraction of sp³-hybridized carbons (Fsp3) is 0.462. The van der Waals surface area contributed by atoms with Gasteiger partial charge in [0.05, 0.1) is 7.11 Å². The van der Waals surface area contributed by atoms with Crippen molar-refractivity contribution in [2.45, 2.75) is 6.54 Å². The van der Waals surface area contributed by atoms with Crippen LogP contribution in [0.15, 0.2) is 18.2 Å². The van der Waals surface area contributed by atoms with E-state index in [9.17, 15) is 9.90 Å². The molecule has 0 bridgehead atoms. The number of carbonyl (C=O) groups is 1. The molecule has 1 rings (SSSR count). The zero-order valence-electron chi connectivity index (χ0n) is 11.6. The topological polar surface area (TPSA) is 73.8 Å². The number of rotatable bonds is 6. The van der Waals surface area contributed by atoms with E-state index in [4.69, 9.17) is 4.74 Å². The first-order chi connectivity index (χ1) is 9.04. The Labute approximate surface area is 113 Å². The molecule has 0 aliphatic rings. The minimum absolute atomic E-state index is 0.117. The van der Waals surface area contributed by atoms with E-state index in [-0.39, 0.29) is 11.8 Å². The van der Waals surface area contributed by atoms with Crippen molar-refractivity contribution < 1.29 is 14.6 Å². The molecule has 0 atom stereocenters. The molecule has 0 saturated carbocycles. The van der Waals surface area contributed by atoms with Gasteiger partial charge in [0.1, 0.15) is 11.5 Å². The number of amides is 2. The van der Waals surface area contributed by atoms with Gasteiger partial charge in [0.25, 0.3) is 0 Å². The number of benzene rings is 1. The van der Waals surface area contributed by atoms with Gasteiger partial charge < -0.3 is 25.4 Å². The molecule has 19 heavy (non-hydrogen) atoms. The van der Waals surface area contributed by atoms with E-state index >= 15 is 0 Å². The molecular weight excluding hydrogens is 246 g/mol. The van der Waals surface area contributed by atoms with Gasteiger partial charge in [0, 0.05) is 45.4 Å². The third kappa shape index (κ3) is 5.05. The largest absolute Gasteiger partial charge is 0.507 e. The summed E-state index contributed by atoms with van der Waals surface area (Å²) in [6, 6.07) is 5.06. The van der Waals surface area contributed by atoms with Crippen molar-refractivity contribution in [3.8, 4) is 11.5 Å². The zero-order chi connectivity index (χ0) is 14.3. The first kappa shape index (κ1) is 15.1. The second kappa shape index (κ2) is 7.48. The summed E-state index contributed by atoms with van der Waals surface area (Å²) in [5.74, 6) is 0.823. The van der Waals surface area contributed by atoms with Gasteiger partial charge in [0.2, 0.25) is 0 Å². The number of phenolic OH excluding ortho intramolecular Hbond substituents is 1. The smallest absolute Gasteiger partial charge is 0.316 e. The molecule has 0 aliphatic heterocycles. The SMILES string of the molecule is COc1ccc(CNCCNC(=O)N(C)C)c(O)c1. The molecule has 0 saturated heterocycles. The van der Waals surface area contributed by atoms with Crippen molar-refractivity contribution in [2.24, 2.45) is 0 Å². The maximum absolute atomic E-state index is 11.2. The van der Waals surface area contributed by atoms with Crippen LogP contribution in [0, 0.1) is 0 Å². The number of nitrogens with zero attached hydrogens (tertiary/aromatic N) is 1. The molecule has 0 spiro atoms. The lowest BCUT2D eigenvalue weighted by molar-refractivity contribution is 0.217. The first-order valence-electron chi connectivity index (χ1n) is 6.06. The van der Waals surface area contributed by atoms with Crippen LogP contribution in [0.4, 0.5) is 4.79 Å². The summed E-state index contributed by atoms with van der Waals surface area (Å²) in [7, 11) is 4.94. The normalized spacial score (nSPS) is 10.1. The van der Waals surface area contributed by atoms with Crippen molar-refractivity contribution >= 4 is 6.03 Å². The Balaban J connectivity index is 2.28. The number of methoxy groups -OCH3 is 1. The van der Waals surface area contributed by atoms with Gasteiger partial charge in [-0.15, -0.1) is 0 Å². The van der Waals surface area contributed by atoms with E-state index in [1.807, 2.05) is 0 Å². The minimum atomic E-state index is -0.117. The molecule has 2 amide bonds. The second-order valence-corrected chi connectivity index (χ2v) is 4.30. The van der Waals surface area contributed by atoms with Crippen molar-refractivity contribution in [3.63, 3.8) is 0 Å². The highest BCUT2D eigenvalue weighted by molar-refractivity contribution is 5.73. The predicted molar refractivity (Wildman–Crippen MR) is 73.5 cm³/mol. The Kier molecular flexibility index (Phi) is 5.95. The number of hydrogen-bond donors (Lipinski definition) is 3. The molecule has 3 N–H and O–H groups in total. The van der Waals surface area contributed by atoms with E-state index in [0.717, 1.165) is 5.56 Å². The first-order valence-corrected chi connectivity index (χ1v) is 6.06. The lowest BCUT2D eigenvalue weighted by Gasteiger charge is -2.12. The van der Waals surface area contributed by atoms with Crippen LogP contribution in [0.25, 0.3) is 0 Å². The number of ether oxygens (including phenoxy) is 1. The average molecular weight is 267 g/mol. The standard InChI is InChI=1S/C13H21N3O3/c1-16(2)13(18)15-7-6-14-9-10-4-5-11(19-3)8-12(10)17/h4-5,8,14,17H,6-7,9H2,1-3H3,(H,15,18). The Morgan fingerprint density at radius 3 is 2.68 bits per heavy atom. The van der Waals surface area contributed by atoms with Crippen molar-refractivity contribution in [2.75, 3.05) is 34.3 Å². The van der Waals surface area contributed by atoms with Crippen LogP contribution >= 0.6 is 0 Å². The van der Waals surface area contributed by atoms with Crippen molar-refractivity contribution in [1.82, 2.24) is 15.5 Å². The number of phenols is 1. The summed E-state index contributed by atoms with van der Waals surface area (Å²) < 4.78 is 5.01. The summed E-state index contributed by atoms with van der Waals surface area (Å²) in [6.07, 6.45) is 0. The number of hydrogen-bond acceptors (Lipinski definition) is 4. The highest BCUT2D eigenvalue weighted by Gasteiger charge is 2.03. The number of aromatic hydroxyl groups is 1. The Morgan fingerprint density at radius 2 is 2.11 bits per heavy atom. The zero-order valence-corrected chi connectivity index (χ0v) is 11.6. The number of nitrogens with one attached hydrogen (secondary N) is 2. The van der Waals surface area contributed by atoms with Gasteiger partial charge in [-0.05, 0) is 6.07 Å².